The smallest absolute Gasteiger partial charge is 0.408 e. The SMILES string of the molecule is C=CCN(C(=O)C(NC(=O)OC(C)(C)C)C(C)CC)C(C(=O)NC(Cc1ccccc1)C(=O)OC(C)(C)C)c1ccc(C)cc1. The third kappa shape index (κ3) is 12.0. The van der Waals surface area contributed by atoms with Gasteiger partial charge in [0.1, 0.15) is 29.3 Å². The molecule has 45 heavy (non-hydrogen) atoms. The maximum atomic E-state index is 14.4. The van der Waals surface area contributed by atoms with Gasteiger partial charge >= 0.3 is 12.1 Å². The van der Waals surface area contributed by atoms with Gasteiger partial charge in [-0.25, -0.2) is 9.59 Å². The van der Waals surface area contributed by atoms with Crippen LogP contribution in [0.2, 0.25) is 0 Å². The highest BCUT2D eigenvalue weighted by Gasteiger charge is 2.39. The second-order valence-corrected chi connectivity index (χ2v) is 13.4. The summed E-state index contributed by atoms with van der Waals surface area (Å²) in [5.74, 6) is -1.92. The Balaban J connectivity index is 2.59. The van der Waals surface area contributed by atoms with Crippen LogP contribution >= 0.6 is 0 Å². The van der Waals surface area contributed by atoms with E-state index in [0.29, 0.717) is 12.0 Å². The first-order chi connectivity index (χ1) is 21.0. The van der Waals surface area contributed by atoms with Crippen molar-refractivity contribution < 1.29 is 28.7 Å². The number of hydrogen-bond acceptors (Lipinski definition) is 6. The van der Waals surface area contributed by atoms with Gasteiger partial charge < -0.3 is 25.0 Å². The van der Waals surface area contributed by atoms with Crippen molar-refractivity contribution in [3.63, 3.8) is 0 Å². The molecule has 0 saturated heterocycles. The fourth-order valence-electron chi connectivity index (χ4n) is 4.65. The molecule has 0 radical (unpaired) electrons. The number of amides is 3. The average molecular weight is 622 g/mol. The first-order valence-corrected chi connectivity index (χ1v) is 15.5. The molecule has 2 aromatic rings. The number of nitrogens with zero attached hydrogens (tertiary/aromatic N) is 1. The molecule has 0 saturated carbocycles. The number of rotatable bonds is 13. The Morgan fingerprint density at radius 3 is 1.98 bits per heavy atom. The lowest BCUT2D eigenvalue weighted by molar-refractivity contribution is -0.159. The number of carbonyl (C=O) groups excluding carboxylic acids is 4. The molecule has 246 valence electrons. The molecular formula is C36H51N3O6. The number of carbonyl (C=O) groups is 4. The van der Waals surface area contributed by atoms with E-state index in [9.17, 15) is 19.2 Å². The van der Waals surface area contributed by atoms with Crippen LogP contribution in [0.1, 0.15) is 84.5 Å². The topological polar surface area (TPSA) is 114 Å². The lowest BCUT2D eigenvalue weighted by Crippen LogP contribution is -2.56. The first kappa shape index (κ1) is 37.0. The average Bonchev–Trinajstić information content (AvgIpc) is 2.94. The van der Waals surface area contributed by atoms with E-state index in [1.165, 1.54) is 11.0 Å². The third-order valence-electron chi connectivity index (χ3n) is 7.00. The monoisotopic (exact) mass is 621 g/mol. The van der Waals surface area contributed by atoms with E-state index in [-0.39, 0.29) is 18.9 Å². The summed E-state index contributed by atoms with van der Waals surface area (Å²) in [6.45, 7) is 20.0. The lowest BCUT2D eigenvalue weighted by Gasteiger charge is -2.36. The second kappa shape index (κ2) is 16.3. The molecule has 0 spiro atoms. The van der Waals surface area contributed by atoms with Gasteiger partial charge in [-0.3, -0.25) is 9.59 Å². The molecule has 0 aromatic heterocycles. The summed E-state index contributed by atoms with van der Waals surface area (Å²) < 4.78 is 11.1. The zero-order valence-corrected chi connectivity index (χ0v) is 28.3. The van der Waals surface area contributed by atoms with Crippen LogP contribution < -0.4 is 10.6 Å². The highest BCUT2D eigenvalue weighted by molar-refractivity contribution is 5.94. The van der Waals surface area contributed by atoms with Crippen molar-refractivity contribution in [1.29, 1.82) is 0 Å². The molecule has 9 heteroatoms. The molecule has 0 aliphatic heterocycles. The van der Waals surface area contributed by atoms with Gasteiger partial charge in [0.15, 0.2) is 0 Å². The zero-order chi connectivity index (χ0) is 33.9. The molecule has 2 N–H and O–H groups in total. The molecule has 3 amide bonds. The molecular weight excluding hydrogens is 570 g/mol. The molecule has 0 heterocycles. The predicted molar refractivity (Wildman–Crippen MR) is 176 cm³/mol. The second-order valence-electron chi connectivity index (χ2n) is 13.4. The molecule has 0 aliphatic rings. The lowest BCUT2D eigenvalue weighted by atomic mass is 9.95. The maximum absolute atomic E-state index is 14.4. The molecule has 0 fully saturated rings. The summed E-state index contributed by atoms with van der Waals surface area (Å²) in [5.41, 5.74) is 0.788. The largest absolute Gasteiger partial charge is 0.458 e. The maximum Gasteiger partial charge on any atom is 0.408 e. The van der Waals surface area contributed by atoms with Crippen molar-refractivity contribution in [3.8, 4) is 0 Å². The van der Waals surface area contributed by atoms with Crippen LogP contribution in [0.5, 0.6) is 0 Å². The van der Waals surface area contributed by atoms with Gasteiger partial charge in [-0.2, -0.15) is 0 Å². The summed E-state index contributed by atoms with van der Waals surface area (Å²) in [5, 5.41) is 5.64. The highest BCUT2D eigenvalue weighted by atomic mass is 16.6. The van der Waals surface area contributed by atoms with Crippen molar-refractivity contribution in [3.05, 3.63) is 83.9 Å². The Hall–Kier alpha value is -4.14. The number of ether oxygens (including phenoxy) is 2. The molecule has 4 unspecified atom stereocenters. The van der Waals surface area contributed by atoms with Gasteiger partial charge in [-0.1, -0.05) is 86.5 Å². The number of hydrogen-bond donors (Lipinski definition) is 2. The van der Waals surface area contributed by atoms with Crippen LogP contribution in [0.25, 0.3) is 0 Å². The van der Waals surface area contributed by atoms with E-state index in [2.05, 4.69) is 17.2 Å². The Morgan fingerprint density at radius 1 is 0.889 bits per heavy atom. The van der Waals surface area contributed by atoms with Crippen LogP contribution in [0.3, 0.4) is 0 Å². The van der Waals surface area contributed by atoms with Gasteiger partial charge in [0.25, 0.3) is 0 Å². The van der Waals surface area contributed by atoms with E-state index >= 15 is 0 Å². The number of aryl methyl sites for hydroxylation is 1. The Bertz CT molecular complexity index is 1290. The fourth-order valence-corrected chi connectivity index (χ4v) is 4.65. The summed E-state index contributed by atoms with van der Waals surface area (Å²) in [4.78, 5) is 56.3. The molecule has 2 rings (SSSR count). The Labute approximate surface area is 268 Å². The fraction of sp³-hybridized carbons (Fsp3) is 0.500. The van der Waals surface area contributed by atoms with Crippen LogP contribution in [-0.2, 0) is 30.3 Å². The van der Waals surface area contributed by atoms with E-state index in [1.807, 2.05) is 63.2 Å². The number of benzene rings is 2. The highest BCUT2D eigenvalue weighted by Crippen LogP contribution is 2.26. The van der Waals surface area contributed by atoms with Gasteiger partial charge in [0, 0.05) is 13.0 Å². The first-order valence-electron chi connectivity index (χ1n) is 15.5. The zero-order valence-electron chi connectivity index (χ0n) is 28.3. The molecule has 9 nitrogen and oxygen atoms in total. The minimum atomic E-state index is -1.15. The third-order valence-corrected chi connectivity index (χ3v) is 7.00. The molecule has 4 atom stereocenters. The Kier molecular flexibility index (Phi) is 13.4. The Morgan fingerprint density at radius 2 is 1.47 bits per heavy atom. The van der Waals surface area contributed by atoms with Gasteiger partial charge in [-0.05, 0) is 65.5 Å². The van der Waals surface area contributed by atoms with E-state index < -0.39 is 53.2 Å². The number of esters is 1. The minimum absolute atomic E-state index is 0.00349. The summed E-state index contributed by atoms with van der Waals surface area (Å²) in [6, 6.07) is 13.4. The van der Waals surface area contributed by atoms with Crippen molar-refractivity contribution in [1.82, 2.24) is 15.5 Å². The van der Waals surface area contributed by atoms with Gasteiger partial charge in [0.2, 0.25) is 11.8 Å². The van der Waals surface area contributed by atoms with Crippen molar-refractivity contribution in [2.75, 3.05) is 6.54 Å². The van der Waals surface area contributed by atoms with Crippen molar-refractivity contribution in [2.24, 2.45) is 5.92 Å². The summed E-state index contributed by atoms with van der Waals surface area (Å²) in [7, 11) is 0. The normalized spacial score (nSPS) is 14.2. The molecule has 0 bridgehead atoms. The molecule has 2 aromatic carbocycles. The number of alkyl carbamates (subject to hydrolysis) is 1. The predicted octanol–water partition coefficient (Wildman–Crippen LogP) is 6.06. The van der Waals surface area contributed by atoms with Gasteiger partial charge in [-0.15, -0.1) is 6.58 Å². The summed E-state index contributed by atoms with van der Waals surface area (Å²) >= 11 is 0. The minimum Gasteiger partial charge on any atom is -0.458 e. The van der Waals surface area contributed by atoms with E-state index in [0.717, 1.165) is 11.1 Å². The van der Waals surface area contributed by atoms with E-state index in [4.69, 9.17) is 9.47 Å². The standard InChI is InChI=1S/C36H51N3O6/c1-11-22-39(32(41)29(25(4)12-2)38-34(43)45-36(8,9)10)30(27-20-18-24(3)19-21-27)31(40)37-28(33(42)44-35(5,6)7)23-26-16-14-13-15-17-26/h11,13-21,25,28-30H,1,12,22-23H2,2-10H3,(H,37,40)(H,38,43). The van der Waals surface area contributed by atoms with Crippen LogP contribution in [0, 0.1) is 12.8 Å². The van der Waals surface area contributed by atoms with Crippen LogP contribution in [-0.4, -0.2) is 58.6 Å². The van der Waals surface area contributed by atoms with Crippen molar-refractivity contribution >= 4 is 23.9 Å². The van der Waals surface area contributed by atoms with Crippen LogP contribution in [0.15, 0.2) is 67.3 Å². The quantitative estimate of drug-likeness (QED) is 0.208. The summed E-state index contributed by atoms with van der Waals surface area (Å²) in [6.07, 6.45) is 1.56. The number of nitrogens with one attached hydrogen (secondary N) is 2. The van der Waals surface area contributed by atoms with Gasteiger partial charge in [0.05, 0.1) is 0 Å². The molecule has 0 aliphatic carbocycles. The van der Waals surface area contributed by atoms with E-state index in [1.54, 1.807) is 53.7 Å². The van der Waals surface area contributed by atoms with Crippen LogP contribution in [0.4, 0.5) is 4.79 Å². The van der Waals surface area contributed by atoms with Crippen molar-refractivity contribution in [2.45, 2.75) is 104 Å².